The highest BCUT2D eigenvalue weighted by Crippen LogP contribution is 2.22. The second kappa shape index (κ2) is 7.57. The summed E-state index contributed by atoms with van der Waals surface area (Å²) in [5.74, 6) is 0. The molecule has 1 unspecified atom stereocenters. The van der Waals surface area contributed by atoms with Crippen molar-refractivity contribution >= 4 is 15.9 Å². The number of aliphatic hydroxyl groups excluding tert-OH is 1. The highest BCUT2D eigenvalue weighted by atomic mass is 79.9. The summed E-state index contributed by atoms with van der Waals surface area (Å²) >= 11 is 3.56. The molecule has 1 aromatic heterocycles. The number of aliphatic hydroxyl groups is 1. The lowest BCUT2D eigenvalue weighted by molar-refractivity contribution is 0.133. The first kappa shape index (κ1) is 17.7. The Bertz CT molecular complexity index is 425. The zero-order valence-electron chi connectivity index (χ0n) is 13.3. The van der Waals surface area contributed by atoms with Crippen molar-refractivity contribution in [1.29, 1.82) is 0 Å². The number of nitrogens with zero attached hydrogens (tertiary/aromatic N) is 2. The van der Waals surface area contributed by atoms with E-state index in [4.69, 9.17) is 0 Å². The summed E-state index contributed by atoms with van der Waals surface area (Å²) < 4.78 is 3.15. The molecular weight excluding hydrogens is 318 g/mol. The van der Waals surface area contributed by atoms with E-state index in [0.29, 0.717) is 6.04 Å². The Morgan fingerprint density at radius 2 is 2.05 bits per heavy atom. The van der Waals surface area contributed by atoms with Crippen molar-refractivity contribution in [2.45, 2.75) is 72.0 Å². The maximum absolute atomic E-state index is 9.73. The van der Waals surface area contributed by atoms with Crippen LogP contribution in [-0.4, -0.2) is 33.1 Å². The first-order valence-corrected chi connectivity index (χ1v) is 8.22. The van der Waals surface area contributed by atoms with Crippen LogP contribution in [0.15, 0.2) is 4.47 Å². The predicted octanol–water partition coefficient (Wildman–Crippen LogP) is 3.18. The average Bonchev–Trinajstić information content (AvgIpc) is 2.65. The molecule has 0 aromatic carbocycles. The van der Waals surface area contributed by atoms with Crippen molar-refractivity contribution in [3.63, 3.8) is 0 Å². The van der Waals surface area contributed by atoms with Crippen LogP contribution in [0.5, 0.6) is 0 Å². The minimum Gasteiger partial charge on any atom is -0.394 e. The summed E-state index contributed by atoms with van der Waals surface area (Å²) in [6, 6.07) is 0.380. The first-order valence-electron chi connectivity index (χ1n) is 7.43. The summed E-state index contributed by atoms with van der Waals surface area (Å²) in [7, 11) is 0. The lowest BCUT2D eigenvalue weighted by Crippen LogP contribution is -2.51. The van der Waals surface area contributed by atoms with Crippen LogP contribution in [0.1, 0.15) is 51.4 Å². The van der Waals surface area contributed by atoms with Gasteiger partial charge in [-0.2, -0.15) is 5.10 Å². The lowest BCUT2D eigenvalue weighted by atomic mass is 9.90. The molecule has 0 spiro atoms. The van der Waals surface area contributed by atoms with E-state index in [0.717, 1.165) is 36.0 Å². The normalized spacial score (nSPS) is 14.8. The van der Waals surface area contributed by atoms with Crippen LogP contribution in [0.3, 0.4) is 0 Å². The van der Waals surface area contributed by atoms with E-state index in [1.165, 1.54) is 5.69 Å². The summed E-state index contributed by atoms with van der Waals surface area (Å²) in [6.07, 6.45) is 2.89. The van der Waals surface area contributed by atoms with Gasteiger partial charge in [-0.3, -0.25) is 4.68 Å². The number of hydrogen-bond donors (Lipinski definition) is 2. The van der Waals surface area contributed by atoms with Crippen molar-refractivity contribution in [2.75, 3.05) is 6.61 Å². The van der Waals surface area contributed by atoms with Gasteiger partial charge < -0.3 is 10.4 Å². The molecule has 2 N–H and O–H groups in total. The van der Waals surface area contributed by atoms with Crippen molar-refractivity contribution in [1.82, 2.24) is 15.1 Å². The Hall–Kier alpha value is -0.390. The number of rotatable bonds is 8. The van der Waals surface area contributed by atoms with E-state index < -0.39 is 0 Å². The fourth-order valence-corrected chi connectivity index (χ4v) is 2.94. The Labute approximate surface area is 131 Å². The third-order valence-corrected chi connectivity index (χ3v) is 5.04. The SMILES string of the molecule is CCC(CO)(CCCn1nc(C)c(Br)c1C)NC(C)C. The van der Waals surface area contributed by atoms with Crippen molar-refractivity contribution in [3.05, 3.63) is 15.9 Å². The van der Waals surface area contributed by atoms with Crippen LogP contribution in [-0.2, 0) is 6.54 Å². The third-order valence-electron chi connectivity index (χ3n) is 3.89. The van der Waals surface area contributed by atoms with E-state index in [-0.39, 0.29) is 12.1 Å². The molecule has 0 aliphatic rings. The second-order valence-electron chi connectivity index (χ2n) is 5.90. The molecule has 116 valence electrons. The molecule has 0 saturated carbocycles. The van der Waals surface area contributed by atoms with Gasteiger partial charge >= 0.3 is 0 Å². The molecule has 0 aliphatic heterocycles. The molecular formula is C15H28BrN3O. The zero-order valence-corrected chi connectivity index (χ0v) is 14.9. The maximum Gasteiger partial charge on any atom is 0.0738 e. The van der Waals surface area contributed by atoms with Gasteiger partial charge in [0.05, 0.1) is 16.8 Å². The van der Waals surface area contributed by atoms with Crippen molar-refractivity contribution in [2.24, 2.45) is 0 Å². The summed E-state index contributed by atoms with van der Waals surface area (Å²) in [5, 5.41) is 17.8. The molecule has 5 heteroatoms. The Kier molecular flexibility index (Phi) is 6.69. The Morgan fingerprint density at radius 3 is 2.45 bits per heavy atom. The van der Waals surface area contributed by atoms with Crippen LogP contribution in [0.4, 0.5) is 0 Å². The van der Waals surface area contributed by atoms with Gasteiger partial charge in [0.1, 0.15) is 0 Å². The Balaban J connectivity index is 2.62. The molecule has 0 bridgehead atoms. The quantitative estimate of drug-likeness (QED) is 0.760. The number of nitrogens with one attached hydrogen (secondary N) is 1. The third kappa shape index (κ3) is 4.30. The Morgan fingerprint density at radius 1 is 1.40 bits per heavy atom. The fourth-order valence-electron chi connectivity index (χ4n) is 2.66. The molecule has 0 amide bonds. The number of aryl methyl sites for hydroxylation is 2. The summed E-state index contributed by atoms with van der Waals surface area (Å²) in [6.45, 7) is 11.5. The van der Waals surface area contributed by atoms with Crippen LogP contribution in [0.25, 0.3) is 0 Å². The average molecular weight is 346 g/mol. The minimum absolute atomic E-state index is 0.165. The van der Waals surface area contributed by atoms with Gasteiger partial charge in [-0.15, -0.1) is 0 Å². The number of hydrogen-bond acceptors (Lipinski definition) is 3. The molecule has 1 heterocycles. The number of halogens is 1. The van der Waals surface area contributed by atoms with Gasteiger partial charge in [0.25, 0.3) is 0 Å². The van der Waals surface area contributed by atoms with E-state index in [1.54, 1.807) is 0 Å². The van der Waals surface area contributed by atoms with E-state index >= 15 is 0 Å². The highest BCUT2D eigenvalue weighted by molar-refractivity contribution is 9.10. The molecule has 0 saturated heterocycles. The van der Waals surface area contributed by atoms with Crippen molar-refractivity contribution in [3.8, 4) is 0 Å². The van der Waals surface area contributed by atoms with Gasteiger partial charge in [-0.25, -0.2) is 0 Å². The van der Waals surface area contributed by atoms with Crippen LogP contribution in [0.2, 0.25) is 0 Å². The second-order valence-corrected chi connectivity index (χ2v) is 6.70. The van der Waals surface area contributed by atoms with Crippen LogP contribution in [0, 0.1) is 13.8 Å². The van der Waals surface area contributed by atoms with Gasteiger partial charge in [-0.05, 0) is 49.0 Å². The van der Waals surface area contributed by atoms with Gasteiger partial charge in [0.15, 0.2) is 0 Å². The molecule has 4 nitrogen and oxygen atoms in total. The lowest BCUT2D eigenvalue weighted by Gasteiger charge is -2.34. The summed E-state index contributed by atoms with van der Waals surface area (Å²) in [4.78, 5) is 0. The highest BCUT2D eigenvalue weighted by Gasteiger charge is 2.27. The van der Waals surface area contributed by atoms with Gasteiger partial charge in [0.2, 0.25) is 0 Å². The standard InChI is InChI=1S/C15H28BrN3O/c1-6-15(10-20,17-11(2)3)8-7-9-19-13(5)14(16)12(4)18-19/h11,17,20H,6-10H2,1-5H3. The molecule has 0 aliphatic carbocycles. The van der Waals surface area contributed by atoms with E-state index in [1.807, 2.05) is 11.6 Å². The van der Waals surface area contributed by atoms with Gasteiger partial charge in [0, 0.05) is 23.8 Å². The molecule has 1 atom stereocenters. The first-order chi connectivity index (χ1) is 9.35. The largest absolute Gasteiger partial charge is 0.394 e. The maximum atomic E-state index is 9.73. The number of aromatic nitrogens is 2. The van der Waals surface area contributed by atoms with Crippen LogP contribution >= 0.6 is 15.9 Å². The zero-order chi connectivity index (χ0) is 15.3. The predicted molar refractivity (Wildman–Crippen MR) is 87.0 cm³/mol. The van der Waals surface area contributed by atoms with Gasteiger partial charge in [-0.1, -0.05) is 20.8 Å². The molecule has 0 radical (unpaired) electrons. The molecule has 0 fully saturated rings. The monoisotopic (exact) mass is 345 g/mol. The van der Waals surface area contributed by atoms with E-state index in [2.05, 4.69) is 54.0 Å². The van der Waals surface area contributed by atoms with Crippen LogP contribution < -0.4 is 5.32 Å². The summed E-state index contributed by atoms with van der Waals surface area (Å²) in [5.41, 5.74) is 2.04. The van der Waals surface area contributed by atoms with E-state index in [9.17, 15) is 5.11 Å². The smallest absolute Gasteiger partial charge is 0.0738 e. The molecule has 1 aromatic rings. The fraction of sp³-hybridized carbons (Fsp3) is 0.800. The molecule has 1 rings (SSSR count). The minimum atomic E-state index is -0.165. The van der Waals surface area contributed by atoms with Crippen molar-refractivity contribution < 1.29 is 5.11 Å². The molecule has 20 heavy (non-hydrogen) atoms. The topological polar surface area (TPSA) is 50.1 Å².